The first-order chi connectivity index (χ1) is 17.5. The number of hydrogen-bond donors (Lipinski definition) is 1. The van der Waals surface area contributed by atoms with E-state index in [1.54, 1.807) is 26.4 Å². The molecule has 4 rings (SSSR count). The Morgan fingerprint density at radius 3 is 2.19 bits per heavy atom. The smallest absolute Gasteiger partial charge is 0.165 e. The summed E-state index contributed by atoms with van der Waals surface area (Å²) >= 11 is 0. The van der Waals surface area contributed by atoms with E-state index in [-0.39, 0.29) is 17.8 Å². The van der Waals surface area contributed by atoms with Crippen molar-refractivity contribution in [1.29, 1.82) is 0 Å². The standard InChI is InChI=1S/C30H32O6/c1-6-8-19-10-13-25(27(15-19)33-4)35-18-23-22-14-20(9-7-2)16-28(34-5)30(22)36-29(23)21-11-12-24(31)26(17-21)32-3/h6-7,10-17,23,29,31H,1-2,8-9,18H2,3-5H3/t23-,29+/m1/s1. The van der Waals surface area contributed by atoms with Gasteiger partial charge in [0.2, 0.25) is 0 Å². The van der Waals surface area contributed by atoms with E-state index < -0.39 is 0 Å². The predicted octanol–water partition coefficient (Wildman–Crippen LogP) is 6.17. The van der Waals surface area contributed by atoms with E-state index in [1.807, 2.05) is 42.5 Å². The summed E-state index contributed by atoms with van der Waals surface area (Å²) in [6.45, 7) is 8.01. The molecule has 3 aromatic carbocycles. The van der Waals surface area contributed by atoms with Crippen molar-refractivity contribution in [1.82, 2.24) is 0 Å². The van der Waals surface area contributed by atoms with Crippen LogP contribution in [0.1, 0.15) is 34.3 Å². The van der Waals surface area contributed by atoms with E-state index >= 15 is 0 Å². The van der Waals surface area contributed by atoms with Crippen LogP contribution in [0.25, 0.3) is 0 Å². The van der Waals surface area contributed by atoms with Crippen LogP contribution in [0, 0.1) is 0 Å². The van der Waals surface area contributed by atoms with Gasteiger partial charge in [0, 0.05) is 5.56 Å². The monoisotopic (exact) mass is 488 g/mol. The maximum atomic E-state index is 10.1. The fourth-order valence-corrected chi connectivity index (χ4v) is 4.55. The summed E-state index contributed by atoms with van der Waals surface area (Å²) in [7, 11) is 4.79. The average molecular weight is 489 g/mol. The molecular weight excluding hydrogens is 456 g/mol. The van der Waals surface area contributed by atoms with Gasteiger partial charge >= 0.3 is 0 Å². The van der Waals surface area contributed by atoms with Crippen molar-refractivity contribution in [3.8, 4) is 34.5 Å². The SMILES string of the molecule is C=CCc1ccc(OC[C@@H]2c3cc(CC=C)cc(OC)c3O[C@H]2c2ccc(O)c(OC)c2)c(OC)c1. The van der Waals surface area contributed by atoms with Crippen LogP contribution in [0.2, 0.25) is 0 Å². The molecule has 0 radical (unpaired) electrons. The topological polar surface area (TPSA) is 66.4 Å². The van der Waals surface area contributed by atoms with Gasteiger partial charge in [0.05, 0.1) is 33.9 Å². The van der Waals surface area contributed by atoms with Crippen molar-refractivity contribution in [2.24, 2.45) is 0 Å². The molecule has 1 N–H and O–H groups in total. The van der Waals surface area contributed by atoms with Gasteiger partial charge < -0.3 is 28.8 Å². The van der Waals surface area contributed by atoms with Crippen LogP contribution in [0.15, 0.2) is 73.8 Å². The molecule has 1 aliphatic heterocycles. The van der Waals surface area contributed by atoms with Crippen molar-refractivity contribution in [3.63, 3.8) is 0 Å². The molecule has 2 atom stereocenters. The fourth-order valence-electron chi connectivity index (χ4n) is 4.55. The fraction of sp³-hybridized carbons (Fsp3) is 0.267. The molecule has 0 unspecified atom stereocenters. The molecule has 188 valence electrons. The number of phenolic OH excluding ortho intramolecular Hbond substituents is 1. The predicted molar refractivity (Wildman–Crippen MR) is 140 cm³/mol. The normalized spacial score (nSPS) is 16.0. The van der Waals surface area contributed by atoms with Gasteiger partial charge in [-0.3, -0.25) is 0 Å². The molecule has 1 heterocycles. The Hall–Kier alpha value is -4.06. The number of ether oxygens (including phenoxy) is 5. The van der Waals surface area contributed by atoms with E-state index in [4.69, 9.17) is 23.7 Å². The Kier molecular flexibility index (Phi) is 7.74. The molecule has 0 saturated heterocycles. The zero-order valence-electron chi connectivity index (χ0n) is 21.0. The summed E-state index contributed by atoms with van der Waals surface area (Å²) in [5, 5.41) is 10.1. The lowest BCUT2D eigenvalue weighted by atomic mass is 9.90. The second-order valence-electron chi connectivity index (χ2n) is 8.57. The van der Waals surface area contributed by atoms with Gasteiger partial charge in [0.1, 0.15) is 6.10 Å². The van der Waals surface area contributed by atoms with Gasteiger partial charge in [-0.05, 0) is 59.9 Å². The molecule has 0 aliphatic carbocycles. The molecule has 3 aromatic rings. The molecular formula is C30H32O6. The number of phenols is 1. The third kappa shape index (κ3) is 4.98. The van der Waals surface area contributed by atoms with E-state index in [9.17, 15) is 5.11 Å². The largest absolute Gasteiger partial charge is 0.504 e. The zero-order chi connectivity index (χ0) is 25.7. The Bertz CT molecular complexity index is 1250. The molecule has 0 amide bonds. The van der Waals surface area contributed by atoms with Crippen LogP contribution in [0.4, 0.5) is 0 Å². The zero-order valence-corrected chi connectivity index (χ0v) is 21.0. The summed E-state index contributed by atoms with van der Waals surface area (Å²) in [6.07, 6.45) is 4.78. The summed E-state index contributed by atoms with van der Waals surface area (Å²) in [5.41, 5.74) is 4.02. The minimum Gasteiger partial charge on any atom is -0.504 e. The molecule has 0 saturated carbocycles. The average Bonchev–Trinajstić information content (AvgIpc) is 3.26. The van der Waals surface area contributed by atoms with Crippen molar-refractivity contribution in [3.05, 3.63) is 96.1 Å². The maximum Gasteiger partial charge on any atom is 0.165 e. The third-order valence-corrected chi connectivity index (χ3v) is 6.31. The van der Waals surface area contributed by atoms with Crippen molar-refractivity contribution >= 4 is 0 Å². The van der Waals surface area contributed by atoms with Crippen LogP contribution in [-0.4, -0.2) is 33.0 Å². The van der Waals surface area contributed by atoms with E-state index in [0.717, 1.165) is 28.7 Å². The van der Waals surface area contributed by atoms with Crippen molar-refractivity contribution in [2.45, 2.75) is 24.9 Å². The minimum absolute atomic E-state index is 0.0692. The van der Waals surface area contributed by atoms with Gasteiger partial charge in [-0.1, -0.05) is 30.4 Å². The second kappa shape index (κ2) is 11.1. The second-order valence-corrected chi connectivity index (χ2v) is 8.57. The van der Waals surface area contributed by atoms with E-state index in [1.165, 1.54) is 7.11 Å². The Balaban J connectivity index is 1.73. The first-order valence-corrected chi connectivity index (χ1v) is 11.8. The third-order valence-electron chi connectivity index (χ3n) is 6.31. The summed E-state index contributed by atoms with van der Waals surface area (Å²) in [6, 6.07) is 15.2. The summed E-state index contributed by atoms with van der Waals surface area (Å²) in [4.78, 5) is 0. The molecule has 0 aromatic heterocycles. The molecule has 36 heavy (non-hydrogen) atoms. The lowest BCUT2D eigenvalue weighted by Crippen LogP contribution is -2.17. The van der Waals surface area contributed by atoms with E-state index in [0.29, 0.717) is 41.8 Å². The van der Waals surface area contributed by atoms with Crippen LogP contribution >= 0.6 is 0 Å². The van der Waals surface area contributed by atoms with Crippen LogP contribution < -0.4 is 23.7 Å². The lowest BCUT2D eigenvalue weighted by Gasteiger charge is -2.21. The van der Waals surface area contributed by atoms with Gasteiger partial charge in [0.25, 0.3) is 0 Å². The number of methoxy groups -OCH3 is 3. The highest BCUT2D eigenvalue weighted by molar-refractivity contribution is 5.56. The maximum absolute atomic E-state index is 10.1. The first-order valence-electron chi connectivity index (χ1n) is 11.8. The van der Waals surface area contributed by atoms with E-state index in [2.05, 4.69) is 19.2 Å². The molecule has 0 spiro atoms. The van der Waals surface area contributed by atoms with Gasteiger partial charge in [-0.15, -0.1) is 13.2 Å². The first kappa shape index (κ1) is 25.0. The van der Waals surface area contributed by atoms with Crippen molar-refractivity contribution < 1.29 is 28.8 Å². The number of rotatable bonds is 11. The molecule has 0 bridgehead atoms. The quantitative estimate of drug-likeness (QED) is 0.326. The summed E-state index contributed by atoms with van der Waals surface area (Å²) < 4.78 is 29.4. The molecule has 0 fully saturated rings. The molecule has 6 nitrogen and oxygen atoms in total. The molecule has 6 heteroatoms. The Morgan fingerprint density at radius 2 is 1.50 bits per heavy atom. The Labute approximate surface area is 212 Å². The highest BCUT2D eigenvalue weighted by Gasteiger charge is 2.39. The number of fused-ring (bicyclic) bond motifs is 1. The highest BCUT2D eigenvalue weighted by Crippen LogP contribution is 2.52. The number of benzene rings is 3. The van der Waals surface area contributed by atoms with Gasteiger partial charge in [-0.25, -0.2) is 0 Å². The molecule has 1 aliphatic rings. The highest BCUT2D eigenvalue weighted by atomic mass is 16.5. The number of aromatic hydroxyl groups is 1. The van der Waals surface area contributed by atoms with Gasteiger partial charge in [0.15, 0.2) is 34.5 Å². The van der Waals surface area contributed by atoms with Crippen LogP contribution in [-0.2, 0) is 12.8 Å². The van der Waals surface area contributed by atoms with Gasteiger partial charge in [-0.2, -0.15) is 0 Å². The number of hydrogen-bond acceptors (Lipinski definition) is 6. The van der Waals surface area contributed by atoms with Crippen LogP contribution in [0.5, 0.6) is 34.5 Å². The summed E-state index contributed by atoms with van der Waals surface area (Å²) in [5.74, 6) is 2.94. The van der Waals surface area contributed by atoms with Crippen LogP contribution in [0.3, 0.4) is 0 Å². The minimum atomic E-state index is -0.381. The Morgan fingerprint density at radius 1 is 0.806 bits per heavy atom. The number of allylic oxidation sites excluding steroid dienone is 2. The van der Waals surface area contributed by atoms with Crippen molar-refractivity contribution in [2.75, 3.05) is 27.9 Å². The lowest BCUT2D eigenvalue weighted by molar-refractivity contribution is 0.163.